The third-order valence-corrected chi connectivity index (χ3v) is 2.83. The molecule has 0 fully saturated rings. The third-order valence-electron chi connectivity index (χ3n) is 2.07. The predicted octanol–water partition coefficient (Wildman–Crippen LogP) is 1.53. The molecule has 1 rings (SSSR count). The Morgan fingerprint density at radius 2 is 2.24 bits per heavy atom. The lowest BCUT2D eigenvalue weighted by Crippen LogP contribution is -2.26. The highest BCUT2D eigenvalue weighted by Gasteiger charge is 2.14. The molecule has 5 nitrogen and oxygen atoms in total. The van der Waals surface area contributed by atoms with Gasteiger partial charge in [-0.15, -0.1) is 0 Å². The zero-order valence-corrected chi connectivity index (χ0v) is 9.87. The summed E-state index contributed by atoms with van der Waals surface area (Å²) in [6.07, 6.45) is 0.563. The molecular formula is C10H11FNO4S-. The van der Waals surface area contributed by atoms with Crippen LogP contribution < -0.4 is 4.31 Å². The average Bonchev–Trinajstić information content (AvgIpc) is 2.26. The molecule has 94 valence electrons. The summed E-state index contributed by atoms with van der Waals surface area (Å²) in [5.41, 5.74) is -0.409. The number of halogens is 1. The van der Waals surface area contributed by atoms with Gasteiger partial charge in [0.1, 0.15) is 5.82 Å². The van der Waals surface area contributed by atoms with Gasteiger partial charge in [-0.1, -0.05) is 6.92 Å². The molecule has 1 aromatic rings. The first kappa shape index (κ1) is 13.6. The molecule has 17 heavy (non-hydrogen) atoms. The van der Waals surface area contributed by atoms with Gasteiger partial charge >= 0.3 is 5.97 Å². The van der Waals surface area contributed by atoms with Gasteiger partial charge in [0, 0.05) is 23.5 Å². The second-order valence-corrected chi connectivity index (χ2v) is 4.16. The van der Waals surface area contributed by atoms with E-state index in [0.29, 0.717) is 6.42 Å². The molecule has 0 heterocycles. The Bertz CT molecular complexity index is 452. The van der Waals surface area contributed by atoms with Crippen LogP contribution in [0.3, 0.4) is 0 Å². The van der Waals surface area contributed by atoms with Crippen LogP contribution in [-0.2, 0) is 11.3 Å². The minimum Gasteiger partial charge on any atom is -0.755 e. The molecular weight excluding hydrogens is 249 g/mol. The van der Waals surface area contributed by atoms with Crippen molar-refractivity contribution in [2.75, 3.05) is 10.8 Å². The third kappa shape index (κ3) is 3.24. The summed E-state index contributed by atoms with van der Waals surface area (Å²) >= 11 is -2.51. The molecule has 0 saturated carbocycles. The van der Waals surface area contributed by atoms with E-state index in [1.807, 2.05) is 0 Å². The second-order valence-electron chi connectivity index (χ2n) is 3.29. The van der Waals surface area contributed by atoms with Gasteiger partial charge in [-0.05, 0) is 24.6 Å². The Balaban J connectivity index is 3.16. The molecule has 1 unspecified atom stereocenters. The molecule has 0 aromatic heterocycles. The van der Waals surface area contributed by atoms with Gasteiger partial charge in [-0.25, -0.2) is 9.18 Å². The van der Waals surface area contributed by atoms with Crippen molar-refractivity contribution in [3.8, 4) is 0 Å². The van der Waals surface area contributed by atoms with Crippen LogP contribution in [0.5, 0.6) is 0 Å². The number of carbonyl (C=O) groups is 1. The van der Waals surface area contributed by atoms with Crippen LogP contribution in [0.1, 0.15) is 23.7 Å². The lowest BCUT2D eigenvalue weighted by atomic mass is 10.2. The highest BCUT2D eigenvalue weighted by Crippen LogP contribution is 2.20. The fourth-order valence-corrected chi connectivity index (χ4v) is 1.94. The molecule has 0 spiro atoms. The molecule has 0 saturated heterocycles. The van der Waals surface area contributed by atoms with Crippen molar-refractivity contribution < 1.29 is 23.1 Å². The summed E-state index contributed by atoms with van der Waals surface area (Å²) in [4.78, 5) is 10.7. The topological polar surface area (TPSA) is 80.7 Å². The molecule has 0 amide bonds. The summed E-state index contributed by atoms with van der Waals surface area (Å²) < 4.78 is 36.0. The van der Waals surface area contributed by atoms with Crippen molar-refractivity contribution >= 4 is 22.9 Å². The smallest absolute Gasteiger partial charge is 0.338 e. The fraction of sp³-hybridized carbons (Fsp3) is 0.300. The standard InChI is InChI=1S/C10H12FNO4S/c1-2-5-12(17(15)16)7-3-4-9(11)8(6-7)10(13)14/h3-4,6H,2,5H2,1H3,(H,13,14)(H,15,16)/p-1. The molecule has 0 aliphatic heterocycles. The van der Waals surface area contributed by atoms with Gasteiger partial charge in [0.15, 0.2) is 0 Å². The normalized spacial score (nSPS) is 12.2. The van der Waals surface area contributed by atoms with E-state index in [4.69, 9.17) is 5.11 Å². The van der Waals surface area contributed by atoms with Gasteiger partial charge < -0.3 is 14.0 Å². The Morgan fingerprint density at radius 1 is 1.59 bits per heavy atom. The SMILES string of the molecule is CCCN(c1ccc(F)c(C(=O)O)c1)S(=O)[O-]. The Morgan fingerprint density at radius 3 is 2.71 bits per heavy atom. The molecule has 7 heteroatoms. The van der Waals surface area contributed by atoms with Crippen molar-refractivity contribution in [3.05, 3.63) is 29.6 Å². The van der Waals surface area contributed by atoms with Crippen LogP contribution in [0.2, 0.25) is 0 Å². The zero-order valence-electron chi connectivity index (χ0n) is 9.05. The first-order chi connectivity index (χ1) is 7.97. The monoisotopic (exact) mass is 260 g/mol. The molecule has 1 N–H and O–H groups in total. The van der Waals surface area contributed by atoms with Crippen molar-refractivity contribution in [2.45, 2.75) is 13.3 Å². The summed E-state index contributed by atoms with van der Waals surface area (Å²) in [6.45, 7) is 1.99. The average molecular weight is 260 g/mol. The van der Waals surface area contributed by atoms with Crippen LogP contribution >= 0.6 is 0 Å². The van der Waals surface area contributed by atoms with Gasteiger partial charge in [-0.3, -0.25) is 4.21 Å². The van der Waals surface area contributed by atoms with Crippen molar-refractivity contribution in [3.63, 3.8) is 0 Å². The van der Waals surface area contributed by atoms with Gasteiger partial charge in [-0.2, -0.15) is 0 Å². The molecule has 1 aromatic carbocycles. The van der Waals surface area contributed by atoms with Crippen LogP contribution in [0.4, 0.5) is 10.1 Å². The maximum Gasteiger partial charge on any atom is 0.338 e. The van der Waals surface area contributed by atoms with Crippen LogP contribution in [-0.4, -0.2) is 26.4 Å². The molecule has 1 atom stereocenters. The maximum atomic E-state index is 13.1. The minimum absolute atomic E-state index is 0.138. The van der Waals surface area contributed by atoms with Gasteiger partial charge in [0.2, 0.25) is 0 Å². The van der Waals surface area contributed by atoms with Crippen molar-refractivity contribution in [2.24, 2.45) is 0 Å². The number of aromatic carboxylic acids is 1. The molecule has 0 radical (unpaired) electrons. The zero-order chi connectivity index (χ0) is 13.0. The van der Waals surface area contributed by atoms with Crippen LogP contribution in [0, 0.1) is 5.82 Å². The minimum atomic E-state index is -2.51. The van der Waals surface area contributed by atoms with E-state index in [-0.39, 0.29) is 12.2 Å². The van der Waals surface area contributed by atoms with Gasteiger partial charge in [0.25, 0.3) is 0 Å². The van der Waals surface area contributed by atoms with Gasteiger partial charge in [0.05, 0.1) is 5.56 Å². The Kier molecular flexibility index (Phi) is 4.59. The summed E-state index contributed by atoms with van der Waals surface area (Å²) in [5.74, 6) is -2.33. The lowest BCUT2D eigenvalue weighted by Gasteiger charge is -2.26. The van der Waals surface area contributed by atoms with Crippen LogP contribution in [0.25, 0.3) is 0 Å². The molecule has 0 aliphatic carbocycles. The highest BCUT2D eigenvalue weighted by atomic mass is 32.2. The van der Waals surface area contributed by atoms with E-state index >= 15 is 0 Å². The number of anilines is 1. The van der Waals surface area contributed by atoms with E-state index < -0.39 is 28.6 Å². The van der Waals surface area contributed by atoms with Crippen molar-refractivity contribution in [1.29, 1.82) is 0 Å². The molecule has 0 aliphatic rings. The van der Waals surface area contributed by atoms with E-state index in [2.05, 4.69) is 0 Å². The van der Waals surface area contributed by atoms with Crippen molar-refractivity contribution in [1.82, 2.24) is 0 Å². The number of carboxylic acid groups (broad SMARTS) is 1. The largest absolute Gasteiger partial charge is 0.755 e. The van der Waals surface area contributed by atoms with E-state index in [9.17, 15) is 17.9 Å². The number of rotatable bonds is 5. The van der Waals surface area contributed by atoms with E-state index in [1.165, 1.54) is 6.07 Å². The number of hydrogen-bond acceptors (Lipinski definition) is 3. The fourth-order valence-electron chi connectivity index (χ4n) is 1.33. The summed E-state index contributed by atoms with van der Waals surface area (Å²) in [6, 6.07) is 3.17. The first-order valence-electron chi connectivity index (χ1n) is 4.87. The Hall–Kier alpha value is -1.47. The number of carboxylic acids is 1. The maximum absolute atomic E-state index is 13.1. The van der Waals surface area contributed by atoms with E-state index in [1.54, 1.807) is 6.92 Å². The lowest BCUT2D eigenvalue weighted by molar-refractivity contribution is 0.0692. The van der Waals surface area contributed by atoms with Crippen LogP contribution in [0.15, 0.2) is 18.2 Å². The number of nitrogens with zero attached hydrogens (tertiary/aromatic N) is 1. The summed E-state index contributed by atoms with van der Waals surface area (Å²) in [7, 11) is 0. The highest BCUT2D eigenvalue weighted by molar-refractivity contribution is 7.80. The van der Waals surface area contributed by atoms with E-state index in [0.717, 1.165) is 16.4 Å². The first-order valence-corrected chi connectivity index (χ1v) is 5.90. The predicted molar refractivity (Wildman–Crippen MR) is 59.9 cm³/mol. The quantitative estimate of drug-likeness (QED) is 0.814. The Labute approximate surface area is 100 Å². The number of benzene rings is 1. The summed E-state index contributed by atoms with van der Waals surface area (Å²) in [5, 5.41) is 8.73. The second kappa shape index (κ2) is 5.74. The number of hydrogen-bond donors (Lipinski definition) is 1. The molecule has 0 bridgehead atoms.